The summed E-state index contributed by atoms with van der Waals surface area (Å²) in [7, 11) is 0. The van der Waals surface area contributed by atoms with Gasteiger partial charge in [0.15, 0.2) is 5.76 Å². The Labute approximate surface area is 202 Å². The summed E-state index contributed by atoms with van der Waals surface area (Å²) in [4.78, 5) is 21.5. The first kappa shape index (κ1) is 22.9. The van der Waals surface area contributed by atoms with Crippen molar-refractivity contribution in [1.29, 1.82) is 0 Å². The fraction of sp³-hybridized carbons (Fsp3) is 0.115. The van der Waals surface area contributed by atoms with Crippen molar-refractivity contribution >= 4 is 28.3 Å². The van der Waals surface area contributed by atoms with E-state index in [0.29, 0.717) is 21.7 Å². The number of oxazole rings is 1. The number of fused-ring (bicyclic) bond motifs is 1. The van der Waals surface area contributed by atoms with Crippen LogP contribution in [0.25, 0.3) is 22.2 Å². The van der Waals surface area contributed by atoms with Crippen LogP contribution in [0.2, 0.25) is 5.02 Å². The van der Waals surface area contributed by atoms with Crippen LogP contribution in [0.4, 0.5) is 13.2 Å². The third-order valence-electron chi connectivity index (χ3n) is 5.61. The van der Waals surface area contributed by atoms with Crippen LogP contribution in [0.15, 0.2) is 77.6 Å². The van der Waals surface area contributed by atoms with Crippen LogP contribution in [-0.2, 0) is 12.7 Å². The van der Waals surface area contributed by atoms with E-state index in [-0.39, 0.29) is 23.2 Å². The maximum Gasteiger partial charge on any atom is 0.432 e. The normalized spacial score (nSPS) is 11.8. The number of benzene rings is 2. The molecule has 3 heterocycles. The first-order valence-electron chi connectivity index (χ1n) is 10.6. The van der Waals surface area contributed by atoms with E-state index in [2.05, 4.69) is 9.97 Å². The Kier molecular flexibility index (Phi) is 5.68. The zero-order valence-electron chi connectivity index (χ0n) is 18.3. The predicted molar refractivity (Wildman–Crippen MR) is 125 cm³/mol. The van der Waals surface area contributed by atoms with Gasteiger partial charge >= 0.3 is 6.18 Å². The highest BCUT2D eigenvalue weighted by Gasteiger charge is 2.42. The summed E-state index contributed by atoms with van der Waals surface area (Å²) in [6.07, 6.45) is -0.435. The van der Waals surface area contributed by atoms with Gasteiger partial charge in [0, 0.05) is 40.4 Å². The van der Waals surface area contributed by atoms with Gasteiger partial charge in [-0.15, -0.1) is 0 Å². The molecule has 0 spiro atoms. The minimum absolute atomic E-state index is 0.106. The summed E-state index contributed by atoms with van der Waals surface area (Å²) in [5.74, 6) is -1.14. The number of carbonyl (C=O) groups is 1. The molecule has 5 rings (SSSR count). The Morgan fingerprint density at radius 3 is 2.54 bits per heavy atom. The highest BCUT2D eigenvalue weighted by Crippen LogP contribution is 2.40. The lowest BCUT2D eigenvalue weighted by Gasteiger charge is -2.14. The van der Waals surface area contributed by atoms with Crippen LogP contribution in [-0.4, -0.2) is 20.3 Å². The molecule has 5 nitrogen and oxygen atoms in total. The minimum atomic E-state index is -4.82. The van der Waals surface area contributed by atoms with E-state index >= 15 is 0 Å². The van der Waals surface area contributed by atoms with Gasteiger partial charge in [0.1, 0.15) is 5.69 Å². The number of carbonyl (C=O) groups excluding carboxylic acids is 1. The van der Waals surface area contributed by atoms with E-state index in [1.165, 1.54) is 12.4 Å². The van der Waals surface area contributed by atoms with Crippen LogP contribution >= 0.6 is 11.6 Å². The topological polar surface area (TPSA) is 60.9 Å². The molecule has 35 heavy (non-hydrogen) atoms. The van der Waals surface area contributed by atoms with Crippen LogP contribution in [0.1, 0.15) is 33.1 Å². The SMILES string of the molecule is Cc1ccc2c(c1)c(C(=O)c1ncc(-c3cccnc3)o1)c(C(F)(F)F)n2Cc1ccc(Cl)cc1. The van der Waals surface area contributed by atoms with Gasteiger partial charge in [0.05, 0.1) is 11.8 Å². The zero-order valence-corrected chi connectivity index (χ0v) is 19.1. The Bertz CT molecular complexity index is 1540. The first-order valence-corrected chi connectivity index (χ1v) is 11.0. The number of pyridine rings is 1. The number of ketones is 1. The van der Waals surface area contributed by atoms with Gasteiger partial charge in [-0.3, -0.25) is 9.78 Å². The molecular formula is C26H17ClF3N3O2. The molecule has 0 aliphatic carbocycles. The number of alkyl halides is 3. The van der Waals surface area contributed by atoms with E-state index in [0.717, 1.165) is 4.57 Å². The first-order chi connectivity index (χ1) is 16.7. The van der Waals surface area contributed by atoms with Crippen molar-refractivity contribution in [2.45, 2.75) is 19.6 Å². The predicted octanol–water partition coefficient (Wildman–Crippen LogP) is 6.95. The Balaban J connectivity index is 1.70. The molecule has 0 fully saturated rings. The summed E-state index contributed by atoms with van der Waals surface area (Å²) < 4.78 is 50.2. The van der Waals surface area contributed by atoms with Crippen molar-refractivity contribution in [3.8, 4) is 11.3 Å². The summed E-state index contributed by atoms with van der Waals surface area (Å²) >= 11 is 5.94. The van der Waals surface area contributed by atoms with Crippen LogP contribution in [0.5, 0.6) is 0 Å². The number of aromatic nitrogens is 3. The van der Waals surface area contributed by atoms with Crippen LogP contribution < -0.4 is 0 Å². The second kappa shape index (κ2) is 8.70. The van der Waals surface area contributed by atoms with Crippen LogP contribution in [0.3, 0.4) is 0 Å². The molecule has 0 aliphatic rings. The van der Waals surface area contributed by atoms with Gasteiger partial charge in [-0.1, -0.05) is 35.4 Å². The Morgan fingerprint density at radius 1 is 1.09 bits per heavy atom. The van der Waals surface area contributed by atoms with Gasteiger partial charge in [0.2, 0.25) is 0 Å². The van der Waals surface area contributed by atoms with Gasteiger partial charge in [-0.25, -0.2) is 4.98 Å². The zero-order chi connectivity index (χ0) is 24.7. The standard InChI is InChI=1S/C26H17ClF3N3O2/c1-15-4-9-20-19(11-15)22(23(34)25-32-13-21(35-25)17-3-2-10-31-12-17)24(26(28,29)30)33(20)14-16-5-7-18(27)8-6-16/h2-13H,14H2,1H3. The molecule has 176 valence electrons. The van der Waals surface area contributed by atoms with Gasteiger partial charge in [0.25, 0.3) is 11.7 Å². The van der Waals surface area contributed by atoms with E-state index in [9.17, 15) is 18.0 Å². The number of aryl methyl sites for hydroxylation is 1. The molecule has 0 radical (unpaired) electrons. The van der Waals surface area contributed by atoms with Crippen LogP contribution in [0, 0.1) is 6.92 Å². The number of rotatable bonds is 5. The quantitative estimate of drug-likeness (QED) is 0.247. The molecule has 3 aromatic heterocycles. The molecule has 0 saturated carbocycles. The van der Waals surface area contributed by atoms with Gasteiger partial charge in [-0.2, -0.15) is 13.2 Å². The number of halogens is 4. The molecule has 0 bridgehead atoms. The van der Waals surface area contributed by atoms with E-state index in [4.69, 9.17) is 16.0 Å². The fourth-order valence-corrected chi connectivity index (χ4v) is 4.18. The van der Waals surface area contributed by atoms with Crippen molar-refractivity contribution in [1.82, 2.24) is 14.5 Å². The molecule has 0 amide bonds. The third-order valence-corrected chi connectivity index (χ3v) is 5.87. The highest BCUT2D eigenvalue weighted by molar-refractivity contribution is 6.30. The number of hydrogen-bond donors (Lipinski definition) is 0. The maximum absolute atomic E-state index is 14.5. The highest BCUT2D eigenvalue weighted by atomic mass is 35.5. The Hall–Kier alpha value is -3.91. The van der Waals surface area contributed by atoms with Crippen molar-refractivity contribution in [3.63, 3.8) is 0 Å². The molecule has 5 aromatic rings. The molecule has 0 saturated heterocycles. The van der Waals surface area contributed by atoms with E-state index in [1.54, 1.807) is 67.7 Å². The molecule has 0 aliphatic heterocycles. The lowest BCUT2D eigenvalue weighted by atomic mass is 10.0. The second-order valence-electron chi connectivity index (χ2n) is 8.06. The minimum Gasteiger partial charge on any atom is -0.433 e. The molecule has 2 aromatic carbocycles. The van der Waals surface area contributed by atoms with E-state index in [1.807, 2.05) is 0 Å². The maximum atomic E-state index is 14.5. The monoisotopic (exact) mass is 495 g/mol. The third kappa shape index (κ3) is 4.33. The molecule has 0 N–H and O–H groups in total. The Morgan fingerprint density at radius 2 is 1.86 bits per heavy atom. The fourth-order valence-electron chi connectivity index (χ4n) is 4.06. The largest absolute Gasteiger partial charge is 0.433 e. The molecule has 9 heteroatoms. The van der Waals surface area contributed by atoms with Crippen molar-refractivity contribution < 1.29 is 22.4 Å². The number of nitrogens with zero attached hydrogens (tertiary/aromatic N) is 3. The van der Waals surface area contributed by atoms with Gasteiger partial charge < -0.3 is 8.98 Å². The van der Waals surface area contributed by atoms with Crippen molar-refractivity contribution in [3.05, 3.63) is 106 Å². The molecular weight excluding hydrogens is 479 g/mol. The second-order valence-corrected chi connectivity index (χ2v) is 8.49. The summed E-state index contributed by atoms with van der Waals surface area (Å²) in [5.41, 5.74) is 0.596. The van der Waals surface area contributed by atoms with Gasteiger partial charge in [-0.05, 0) is 48.9 Å². The lowest BCUT2D eigenvalue weighted by molar-refractivity contribution is -0.143. The van der Waals surface area contributed by atoms with Crippen molar-refractivity contribution in [2.24, 2.45) is 0 Å². The summed E-state index contributed by atoms with van der Waals surface area (Å²) in [6.45, 7) is 1.65. The summed E-state index contributed by atoms with van der Waals surface area (Å²) in [6, 6.07) is 14.8. The summed E-state index contributed by atoms with van der Waals surface area (Å²) in [5, 5.41) is 0.652. The van der Waals surface area contributed by atoms with E-state index < -0.39 is 29.1 Å². The molecule has 0 unspecified atom stereocenters. The molecule has 0 atom stereocenters. The lowest BCUT2D eigenvalue weighted by Crippen LogP contribution is -2.18. The smallest absolute Gasteiger partial charge is 0.432 e. The van der Waals surface area contributed by atoms with Crippen molar-refractivity contribution in [2.75, 3.05) is 0 Å². The average molecular weight is 496 g/mol. The average Bonchev–Trinajstić information content (AvgIpc) is 3.44. The number of hydrogen-bond acceptors (Lipinski definition) is 4.